The fourth-order valence-corrected chi connectivity index (χ4v) is 30.8. The van der Waals surface area contributed by atoms with Gasteiger partial charge in [-0.25, -0.2) is 0 Å². The summed E-state index contributed by atoms with van der Waals surface area (Å²) in [5.41, 5.74) is 3.68. The molecule has 4 rings (SSSR count). The zero-order valence-electron chi connectivity index (χ0n) is 15.7. The van der Waals surface area contributed by atoms with Gasteiger partial charge in [-0.15, -0.1) is 18.4 Å². The minimum atomic E-state index is -2.16. The zero-order valence-corrected chi connectivity index (χ0v) is 19.3. The van der Waals surface area contributed by atoms with E-state index in [0.29, 0.717) is 0 Å². The van der Waals surface area contributed by atoms with Crippen molar-refractivity contribution in [3.05, 3.63) is 96.6 Å². The van der Waals surface area contributed by atoms with Gasteiger partial charge in [0.25, 0.3) is 0 Å². The number of rotatable bonds is 3. The Kier molecular flexibility index (Phi) is 5.21. The molecule has 0 N–H and O–H groups in total. The van der Waals surface area contributed by atoms with Gasteiger partial charge in [-0.3, -0.25) is 0 Å². The second kappa shape index (κ2) is 7.79. The van der Waals surface area contributed by atoms with Crippen LogP contribution in [0, 0.1) is 24.3 Å². The number of hydrogen-bond donors (Lipinski definition) is 0. The number of benzene rings is 3. The normalized spacial score (nSPS) is 27.6. The van der Waals surface area contributed by atoms with E-state index in [0.717, 1.165) is 11.6 Å². The molecule has 4 heteroatoms. The summed E-state index contributed by atoms with van der Waals surface area (Å²) in [6.45, 7) is 0. The Morgan fingerprint density at radius 2 is 1.43 bits per heavy atom. The fourth-order valence-electron chi connectivity index (χ4n) is 4.21. The Balaban J connectivity index is 1.89. The average Bonchev–Trinajstić information content (AvgIpc) is 2.80. The van der Waals surface area contributed by atoms with Crippen molar-refractivity contribution in [2.45, 2.75) is 11.6 Å². The third-order valence-electron chi connectivity index (χ3n) is 5.68. The second-order valence-corrected chi connectivity index (χ2v) is 23.7. The molecule has 0 saturated carbocycles. The van der Waals surface area contributed by atoms with Gasteiger partial charge in [-0.05, 0) is 22.0 Å². The van der Waals surface area contributed by atoms with Gasteiger partial charge < -0.3 is 4.43 Å². The molecule has 136 valence electrons. The van der Waals surface area contributed by atoms with E-state index >= 15 is 0 Å². The van der Waals surface area contributed by atoms with Crippen molar-refractivity contribution < 1.29 is 4.43 Å². The van der Waals surface area contributed by atoms with E-state index < -0.39 is 30.3 Å². The van der Waals surface area contributed by atoms with E-state index in [1.54, 1.807) is 0 Å². The summed E-state index contributed by atoms with van der Waals surface area (Å²) in [7, 11) is -4.48. The Bertz CT molecular complexity index is 959. The highest BCUT2D eigenvalue weighted by molar-refractivity contribution is 7.55. The van der Waals surface area contributed by atoms with Crippen molar-refractivity contribution in [3.63, 3.8) is 0 Å². The van der Waals surface area contributed by atoms with Gasteiger partial charge in [0.15, 0.2) is 16.1 Å². The monoisotopic (exact) mass is 410 g/mol. The second-order valence-electron chi connectivity index (χ2n) is 7.33. The minimum absolute atomic E-state index is 0.626. The fraction of sp³-hybridized carbons (Fsp3) is 0.0833. The Morgan fingerprint density at radius 3 is 2.00 bits per heavy atom. The summed E-state index contributed by atoms with van der Waals surface area (Å²) in [5.74, 6) is 3.07. The van der Waals surface area contributed by atoms with Crippen LogP contribution in [-0.2, 0) is 10.0 Å². The first-order chi connectivity index (χ1) is 13.7. The van der Waals surface area contributed by atoms with E-state index in [1.165, 1.54) is 10.4 Å². The van der Waals surface area contributed by atoms with Crippen LogP contribution in [-0.4, -0.2) is 24.7 Å². The van der Waals surface area contributed by atoms with Crippen molar-refractivity contribution in [1.29, 1.82) is 0 Å². The molecule has 3 aromatic rings. The molecule has 1 nitrogen and oxygen atoms in total. The van der Waals surface area contributed by atoms with Gasteiger partial charge >= 0.3 is 0 Å². The molecule has 1 fully saturated rings. The molecule has 1 saturated heterocycles. The topological polar surface area (TPSA) is 9.23 Å². The van der Waals surface area contributed by atoms with Crippen molar-refractivity contribution in [1.82, 2.24) is 0 Å². The third-order valence-corrected chi connectivity index (χ3v) is 29.0. The highest BCUT2D eigenvalue weighted by Gasteiger charge is 2.52. The zero-order chi connectivity index (χ0) is 19.5. The molecular formula is C24H22OSi3. The Labute approximate surface area is 171 Å². The SMILES string of the molecule is C#CC1(c2ccccc2)C[Si](C#C)(c2ccccc2)[SiH2][SiH](c2ccccc2)O1. The van der Waals surface area contributed by atoms with E-state index in [1.807, 2.05) is 18.2 Å². The predicted molar refractivity (Wildman–Crippen MR) is 125 cm³/mol. The van der Waals surface area contributed by atoms with Crippen molar-refractivity contribution in [3.8, 4) is 24.3 Å². The molecule has 3 unspecified atom stereocenters. The van der Waals surface area contributed by atoms with Crippen LogP contribution in [0.2, 0.25) is 6.04 Å². The van der Waals surface area contributed by atoms with Crippen molar-refractivity contribution in [2.75, 3.05) is 0 Å². The first-order valence-corrected chi connectivity index (χ1v) is 18.4. The summed E-state index contributed by atoms with van der Waals surface area (Å²) in [6.07, 6.45) is 12.5. The largest absolute Gasteiger partial charge is 0.400 e. The molecule has 1 aliphatic rings. The maximum absolute atomic E-state index is 6.88. The summed E-state index contributed by atoms with van der Waals surface area (Å²) < 4.78 is 6.88. The molecule has 3 atom stereocenters. The van der Waals surface area contributed by atoms with E-state index in [-0.39, 0.29) is 0 Å². The highest BCUT2D eigenvalue weighted by atomic mass is 29.6. The predicted octanol–water partition coefficient (Wildman–Crippen LogP) is 1.87. The molecule has 0 aliphatic carbocycles. The van der Waals surface area contributed by atoms with Gasteiger partial charge in [-0.1, -0.05) is 96.9 Å². The Hall–Kier alpha value is -2.61. The van der Waals surface area contributed by atoms with Crippen LogP contribution in [0.15, 0.2) is 91.0 Å². The average molecular weight is 411 g/mol. The van der Waals surface area contributed by atoms with Crippen molar-refractivity contribution >= 4 is 35.1 Å². The van der Waals surface area contributed by atoms with Crippen LogP contribution < -0.4 is 10.4 Å². The molecule has 1 aliphatic heterocycles. The molecule has 28 heavy (non-hydrogen) atoms. The van der Waals surface area contributed by atoms with Crippen LogP contribution >= 0.6 is 0 Å². The lowest BCUT2D eigenvalue weighted by atomic mass is 9.97. The van der Waals surface area contributed by atoms with Crippen LogP contribution in [0.5, 0.6) is 0 Å². The first-order valence-electron chi connectivity index (χ1n) is 9.51. The molecule has 1 heterocycles. The summed E-state index contributed by atoms with van der Waals surface area (Å²) >= 11 is 0. The van der Waals surface area contributed by atoms with Crippen LogP contribution in [0.3, 0.4) is 0 Å². The molecule has 0 aromatic heterocycles. The minimum Gasteiger partial charge on any atom is -0.400 e. The van der Waals surface area contributed by atoms with Gasteiger partial charge in [0.05, 0.1) is 8.55 Å². The van der Waals surface area contributed by atoms with Gasteiger partial charge in [0.1, 0.15) is 5.60 Å². The molecule has 0 amide bonds. The lowest BCUT2D eigenvalue weighted by Crippen LogP contribution is -2.69. The van der Waals surface area contributed by atoms with E-state index in [4.69, 9.17) is 17.3 Å². The molecule has 0 spiro atoms. The lowest BCUT2D eigenvalue weighted by molar-refractivity contribution is 0.157. The quantitative estimate of drug-likeness (QED) is 0.473. The smallest absolute Gasteiger partial charge is 0.189 e. The van der Waals surface area contributed by atoms with Crippen LogP contribution in [0.4, 0.5) is 0 Å². The highest BCUT2D eigenvalue weighted by Crippen LogP contribution is 2.38. The first kappa shape index (κ1) is 18.7. The summed E-state index contributed by atoms with van der Waals surface area (Å²) in [4.78, 5) is 0. The Morgan fingerprint density at radius 1 is 0.857 bits per heavy atom. The van der Waals surface area contributed by atoms with Gasteiger partial charge in [-0.2, -0.15) is 0 Å². The molecule has 3 aromatic carbocycles. The maximum Gasteiger partial charge on any atom is 0.189 e. The van der Waals surface area contributed by atoms with Gasteiger partial charge in [0, 0.05) is 0 Å². The third kappa shape index (κ3) is 3.32. The lowest BCUT2D eigenvalue weighted by Gasteiger charge is -2.45. The standard InChI is InChI=1S/C24H22OSi3/c1-3-24(21-14-8-5-9-15-21)20-28(4-2,23-18-12-7-13-19-23)26-27(25-24)22-16-10-6-11-17-22/h1-2,5-19,27H,20,26H2. The van der Waals surface area contributed by atoms with Crippen LogP contribution in [0.1, 0.15) is 5.56 Å². The van der Waals surface area contributed by atoms with E-state index in [2.05, 4.69) is 84.3 Å². The van der Waals surface area contributed by atoms with Gasteiger partial charge in [0.2, 0.25) is 0 Å². The van der Waals surface area contributed by atoms with E-state index in [9.17, 15) is 0 Å². The molecular weight excluding hydrogens is 389 g/mol. The number of hydrogen-bond acceptors (Lipinski definition) is 1. The summed E-state index contributed by atoms with van der Waals surface area (Å²) in [5, 5.41) is 2.67. The van der Waals surface area contributed by atoms with Crippen molar-refractivity contribution in [2.24, 2.45) is 0 Å². The molecule has 0 radical (unpaired) electrons. The summed E-state index contributed by atoms with van der Waals surface area (Å²) in [6, 6.07) is 32.4. The molecule has 0 bridgehead atoms. The maximum atomic E-state index is 6.88. The number of terminal acetylenes is 2. The van der Waals surface area contributed by atoms with Crippen LogP contribution in [0.25, 0.3) is 0 Å².